The third kappa shape index (κ3) is 3.43. The maximum atomic E-state index is 12.2. The number of hydrogen-bond acceptors (Lipinski definition) is 6. The van der Waals surface area contributed by atoms with Gasteiger partial charge in [-0.3, -0.25) is 0 Å². The Hall–Kier alpha value is -1.64. The van der Waals surface area contributed by atoms with Crippen molar-refractivity contribution in [2.45, 2.75) is 17.5 Å². The summed E-state index contributed by atoms with van der Waals surface area (Å²) in [5.74, 6) is -0.748. The fourth-order valence-electron chi connectivity index (χ4n) is 1.43. The molecule has 0 amide bonds. The van der Waals surface area contributed by atoms with Gasteiger partial charge in [0.25, 0.3) is 0 Å². The molecule has 0 spiro atoms. The Morgan fingerprint density at radius 1 is 1.32 bits per heavy atom. The average Bonchev–Trinajstić information content (AvgIpc) is 2.36. The van der Waals surface area contributed by atoms with Gasteiger partial charge in [0.1, 0.15) is 10.6 Å². The third-order valence-electron chi connectivity index (χ3n) is 2.31. The molecule has 0 heterocycles. The van der Waals surface area contributed by atoms with Crippen molar-refractivity contribution in [3.63, 3.8) is 0 Å². The van der Waals surface area contributed by atoms with Crippen molar-refractivity contribution in [1.82, 2.24) is 4.72 Å². The van der Waals surface area contributed by atoms with E-state index >= 15 is 0 Å². The molecular weight excluding hydrogens is 272 g/mol. The predicted molar refractivity (Wildman–Crippen MR) is 67.9 cm³/mol. The van der Waals surface area contributed by atoms with Crippen molar-refractivity contribution in [2.75, 3.05) is 14.2 Å². The summed E-state index contributed by atoms with van der Waals surface area (Å²) in [7, 11) is -1.56. The Morgan fingerprint density at radius 3 is 2.42 bits per heavy atom. The summed E-state index contributed by atoms with van der Waals surface area (Å²) >= 11 is 0. The zero-order chi connectivity index (χ0) is 14.7. The number of sulfonamides is 1. The van der Waals surface area contributed by atoms with Crippen LogP contribution in [-0.2, 0) is 19.6 Å². The second-order valence-corrected chi connectivity index (χ2v) is 5.60. The van der Waals surface area contributed by atoms with Crippen molar-refractivity contribution in [3.05, 3.63) is 24.3 Å². The van der Waals surface area contributed by atoms with Crippen LogP contribution in [0.1, 0.15) is 6.92 Å². The van der Waals surface area contributed by atoms with Gasteiger partial charge in [0.05, 0.1) is 14.2 Å². The van der Waals surface area contributed by atoms with Gasteiger partial charge in [-0.25, -0.2) is 13.2 Å². The molecule has 0 aliphatic heterocycles. The van der Waals surface area contributed by atoms with E-state index in [-0.39, 0.29) is 10.6 Å². The normalized spacial score (nSPS) is 14.5. The van der Waals surface area contributed by atoms with Crippen LogP contribution in [0.3, 0.4) is 0 Å². The highest BCUT2D eigenvalue weighted by Gasteiger charge is 2.35. The fourth-order valence-corrected chi connectivity index (χ4v) is 2.85. The first-order valence-electron chi connectivity index (χ1n) is 5.29. The Bertz CT molecular complexity index is 568. The van der Waals surface area contributed by atoms with Crippen molar-refractivity contribution in [1.29, 1.82) is 0 Å². The van der Waals surface area contributed by atoms with Crippen LogP contribution in [0.4, 0.5) is 0 Å². The molecule has 0 fully saturated rings. The Labute approximate surface area is 111 Å². The minimum absolute atomic E-state index is 0.113. The number of benzene rings is 1. The number of para-hydroxylation sites is 1. The molecule has 0 aliphatic carbocycles. The molecule has 8 heteroatoms. The zero-order valence-electron chi connectivity index (χ0n) is 10.8. The molecule has 1 aromatic rings. The number of hydrogen-bond donors (Lipinski definition) is 2. The lowest BCUT2D eigenvalue weighted by atomic mass is 10.2. The molecule has 1 unspecified atom stereocenters. The van der Waals surface area contributed by atoms with Crippen LogP contribution in [0, 0.1) is 0 Å². The van der Waals surface area contributed by atoms with Crippen molar-refractivity contribution < 1.29 is 22.7 Å². The second-order valence-electron chi connectivity index (χ2n) is 3.95. The SMILES string of the molecule is COC(=O)C(C)(N)NS(=O)(=O)c1ccccc1OC. The van der Waals surface area contributed by atoms with Crippen LogP contribution in [0.2, 0.25) is 0 Å². The molecule has 7 nitrogen and oxygen atoms in total. The van der Waals surface area contributed by atoms with E-state index in [1.165, 1.54) is 32.2 Å². The van der Waals surface area contributed by atoms with Gasteiger partial charge in [-0.05, 0) is 19.1 Å². The first kappa shape index (κ1) is 15.4. The van der Waals surface area contributed by atoms with Crippen LogP contribution in [-0.4, -0.2) is 34.3 Å². The third-order valence-corrected chi connectivity index (χ3v) is 3.92. The van der Waals surface area contributed by atoms with Gasteiger partial charge in [-0.2, -0.15) is 4.72 Å². The number of nitrogens with two attached hydrogens (primary N) is 1. The lowest BCUT2D eigenvalue weighted by molar-refractivity contribution is -0.146. The molecular formula is C11H16N2O5S. The van der Waals surface area contributed by atoms with Crippen molar-refractivity contribution in [2.24, 2.45) is 5.73 Å². The Kier molecular flexibility index (Phi) is 4.51. The summed E-state index contributed by atoms with van der Waals surface area (Å²) < 4.78 is 35.8. The van der Waals surface area contributed by atoms with Crippen molar-refractivity contribution in [3.8, 4) is 5.75 Å². The highest BCUT2D eigenvalue weighted by atomic mass is 32.2. The van der Waals surface area contributed by atoms with Gasteiger partial charge in [0.15, 0.2) is 5.66 Å². The molecule has 106 valence electrons. The number of methoxy groups -OCH3 is 2. The number of nitrogens with one attached hydrogen (secondary N) is 1. The summed E-state index contributed by atoms with van der Waals surface area (Å²) in [5, 5.41) is 0. The van der Waals surface area contributed by atoms with E-state index < -0.39 is 21.7 Å². The van der Waals surface area contributed by atoms with E-state index in [1.807, 2.05) is 0 Å². The first-order valence-corrected chi connectivity index (χ1v) is 6.77. The van der Waals surface area contributed by atoms with Crippen LogP contribution in [0.15, 0.2) is 29.2 Å². The summed E-state index contributed by atoms with van der Waals surface area (Å²) in [5.41, 5.74) is 3.71. The van der Waals surface area contributed by atoms with Crippen molar-refractivity contribution >= 4 is 16.0 Å². The minimum Gasteiger partial charge on any atom is -0.495 e. The highest BCUT2D eigenvalue weighted by molar-refractivity contribution is 7.89. The number of carbonyl (C=O) groups is 1. The van der Waals surface area contributed by atoms with Gasteiger partial charge in [0.2, 0.25) is 10.0 Å². The number of carbonyl (C=O) groups excluding carboxylic acids is 1. The van der Waals surface area contributed by atoms with Gasteiger partial charge in [-0.1, -0.05) is 12.1 Å². The Balaban J connectivity index is 3.16. The van der Waals surface area contributed by atoms with E-state index in [0.717, 1.165) is 7.11 Å². The lowest BCUT2D eigenvalue weighted by Crippen LogP contribution is -2.59. The first-order chi connectivity index (χ1) is 8.74. The van der Waals surface area contributed by atoms with E-state index in [9.17, 15) is 13.2 Å². The molecule has 0 bridgehead atoms. The van der Waals surface area contributed by atoms with Crippen LogP contribution in [0.5, 0.6) is 5.75 Å². The topological polar surface area (TPSA) is 108 Å². The molecule has 0 aromatic heterocycles. The van der Waals surface area contributed by atoms with Gasteiger partial charge in [0, 0.05) is 0 Å². The van der Waals surface area contributed by atoms with E-state index in [2.05, 4.69) is 9.46 Å². The number of rotatable bonds is 5. The number of esters is 1. The summed E-state index contributed by atoms with van der Waals surface area (Å²) in [4.78, 5) is 11.3. The molecule has 1 rings (SSSR count). The highest BCUT2D eigenvalue weighted by Crippen LogP contribution is 2.23. The quantitative estimate of drug-likeness (QED) is 0.575. The van der Waals surface area contributed by atoms with Gasteiger partial charge >= 0.3 is 5.97 Å². The standard InChI is InChI=1S/C11H16N2O5S/c1-11(12,10(14)18-3)13-19(15,16)9-7-5-4-6-8(9)17-2/h4-7,13H,12H2,1-3H3. The molecule has 3 N–H and O–H groups in total. The summed E-state index contributed by atoms with van der Waals surface area (Å²) in [6.07, 6.45) is 0. The predicted octanol–water partition coefficient (Wildman–Crippen LogP) is -0.179. The molecule has 0 aliphatic rings. The molecule has 0 radical (unpaired) electrons. The van der Waals surface area contributed by atoms with E-state index in [0.29, 0.717) is 0 Å². The van der Waals surface area contributed by atoms with Crippen LogP contribution in [0.25, 0.3) is 0 Å². The number of ether oxygens (including phenoxy) is 2. The van der Waals surface area contributed by atoms with Gasteiger partial charge < -0.3 is 15.2 Å². The fraction of sp³-hybridized carbons (Fsp3) is 0.364. The molecule has 1 atom stereocenters. The molecule has 0 saturated carbocycles. The maximum Gasteiger partial charge on any atom is 0.341 e. The summed E-state index contributed by atoms with van der Waals surface area (Å²) in [6, 6.07) is 5.98. The molecule has 0 saturated heterocycles. The maximum absolute atomic E-state index is 12.2. The molecule has 1 aromatic carbocycles. The largest absolute Gasteiger partial charge is 0.495 e. The van der Waals surface area contributed by atoms with E-state index in [4.69, 9.17) is 10.5 Å². The Morgan fingerprint density at radius 2 is 1.89 bits per heavy atom. The summed E-state index contributed by atoms with van der Waals surface area (Å²) in [6.45, 7) is 1.20. The smallest absolute Gasteiger partial charge is 0.341 e. The minimum atomic E-state index is -4.02. The van der Waals surface area contributed by atoms with Crippen LogP contribution < -0.4 is 15.2 Å². The second kappa shape index (κ2) is 5.55. The zero-order valence-corrected chi connectivity index (χ0v) is 11.7. The van der Waals surface area contributed by atoms with E-state index in [1.54, 1.807) is 6.07 Å². The monoisotopic (exact) mass is 288 g/mol. The average molecular weight is 288 g/mol. The van der Waals surface area contributed by atoms with Crippen LogP contribution >= 0.6 is 0 Å². The lowest BCUT2D eigenvalue weighted by Gasteiger charge is -2.23. The van der Waals surface area contributed by atoms with Gasteiger partial charge in [-0.15, -0.1) is 0 Å². The molecule has 19 heavy (non-hydrogen) atoms.